The minimum Gasteiger partial charge on any atom is -0.424 e. The van der Waals surface area contributed by atoms with Gasteiger partial charge in [0.05, 0.1) is 0 Å². The van der Waals surface area contributed by atoms with E-state index in [0.29, 0.717) is 11.7 Å². The first-order chi connectivity index (χ1) is 9.31. The van der Waals surface area contributed by atoms with Crippen LogP contribution in [0.25, 0.3) is 5.95 Å². The Bertz CT molecular complexity index is 668. The second kappa shape index (κ2) is 4.73. The zero-order chi connectivity index (χ0) is 13.1. The molecule has 0 radical (unpaired) electrons. The van der Waals surface area contributed by atoms with Gasteiger partial charge in [-0.2, -0.15) is 20.1 Å². The predicted molar refractivity (Wildman–Crippen MR) is 67.9 cm³/mol. The standard InChI is InChI=1S/C12H10N6O/c13-10-15-11(18-8-4-7-14-18)17-12(16-10)19-9-5-2-1-3-6-9/h1-8H,(H2,13,15,16,17). The predicted octanol–water partition coefficient (Wildman–Crippen LogP) is 1.43. The molecule has 2 aromatic heterocycles. The Morgan fingerprint density at radius 1 is 1.00 bits per heavy atom. The number of nitrogens with zero attached hydrogens (tertiary/aromatic N) is 5. The number of benzene rings is 1. The molecule has 2 N–H and O–H groups in total. The van der Waals surface area contributed by atoms with E-state index in [9.17, 15) is 0 Å². The highest BCUT2D eigenvalue weighted by Crippen LogP contribution is 2.17. The molecule has 0 spiro atoms. The second-order valence-electron chi connectivity index (χ2n) is 3.64. The highest BCUT2D eigenvalue weighted by atomic mass is 16.5. The van der Waals surface area contributed by atoms with Gasteiger partial charge in [-0.1, -0.05) is 18.2 Å². The number of ether oxygens (including phenoxy) is 1. The van der Waals surface area contributed by atoms with Gasteiger partial charge in [-0.15, -0.1) is 0 Å². The van der Waals surface area contributed by atoms with Crippen molar-refractivity contribution in [2.24, 2.45) is 0 Å². The molecule has 0 saturated carbocycles. The van der Waals surface area contributed by atoms with Gasteiger partial charge in [0, 0.05) is 12.4 Å². The smallest absolute Gasteiger partial charge is 0.328 e. The van der Waals surface area contributed by atoms with Gasteiger partial charge in [-0.25, -0.2) is 4.68 Å². The second-order valence-corrected chi connectivity index (χ2v) is 3.64. The van der Waals surface area contributed by atoms with Crippen molar-refractivity contribution in [3.63, 3.8) is 0 Å². The van der Waals surface area contributed by atoms with Gasteiger partial charge in [-0.05, 0) is 18.2 Å². The molecule has 7 nitrogen and oxygen atoms in total. The number of hydrogen-bond acceptors (Lipinski definition) is 6. The first-order valence-corrected chi connectivity index (χ1v) is 5.56. The highest BCUT2D eigenvalue weighted by Gasteiger charge is 2.08. The van der Waals surface area contributed by atoms with Crippen LogP contribution in [0.5, 0.6) is 11.8 Å². The van der Waals surface area contributed by atoms with Crippen molar-refractivity contribution in [3.05, 3.63) is 48.8 Å². The summed E-state index contributed by atoms with van der Waals surface area (Å²) in [6.45, 7) is 0. The summed E-state index contributed by atoms with van der Waals surface area (Å²) in [4.78, 5) is 12.1. The minimum atomic E-state index is 0.0754. The lowest BCUT2D eigenvalue weighted by Crippen LogP contribution is -2.07. The summed E-state index contributed by atoms with van der Waals surface area (Å²) < 4.78 is 7.00. The number of aromatic nitrogens is 5. The normalized spacial score (nSPS) is 10.3. The minimum absolute atomic E-state index is 0.0754. The van der Waals surface area contributed by atoms with Gasteiger partial charge < -0.3 is 10.5 Å². The molecule has 19 heavy (non-hydrogen) atoms. The molecule has 0 amide bonds. The number of hydrogen-bond donors (Lipinski definition) is 1. The summed E-state index contributed by atoms with van der Waals surface area (Å²) in [6.07, 6.45) is 3.33. The Morgan fingerprint density at radius 3 is 2.58 bits per heavy atom. The van der Waals surface area contributed by atoms with E-state index in [4.69, 9.17) is 10.5 Å². The Balaban J connectivity index is 1.94. The molecule has 7 heteroatoms. The van der Waals surface area contributed by atoms with Crippen LogP contribution in [0, 0.1) is 0 Å². The molecule has 3 aromatic rings. The lowest BCUT2D eigenvalue weighted by Gasteiger charge is -2.05. The van der Waals surface area contributed by atoms with Crippen LogP contribution < -0.4 is 10.5 Å². The van der Waals surface area contributed by atoms with Gasteiger partial charge in [-0.3, -0.25) is 0 Å². The molecule has 1 aromatic carbocycles. The van der Waals surface area contributed by atoms with E-state index in [-0.39, 0.29) is 12.0 Å². The van der Waals surface area contributed by atoms with Crippen LogP contribution in [0.15, 0.2) is 48.8 Å². The summed E-state index contributed by atoms with van der Waals surface area (Å²) in [5.74, 6) is 1.01. The zero-order valence-corrected chi connectivity index (χ0v) is 9.84. The average Bonchev–Trinajstić information content (AvgIpc) is 2.93. The zero-order valence-electron chi connectivity index (χ0n) is 9.84. The fraction of sp³-hybridized carbons (Fsp3) is 0. The van der Waals surface area contributed by atoms with E-state index in [1.807, 2.05) is 18.2 Å². The maximum atomic E-state index is 5.64. The summed E-state index contributed by atoms with van der Waals surface area (Å²) in [5.41, 5.74) is 5.64. The Morgan fingerprint density at radius 2 is 1.84 bits per heavy atom. The molecular formula is C12H10N6O. The molecule has 0 atom stereocenters. The molecule has 0 aliphatic rings. The van der Waals surface area contributed by atoms with Crippen LogP contribution in [-0.4, -0.2) is 24.7 Å². The molecule has 0 unspecified atom stereocenters. The summed E-state index contributed by atoms with van der Waals surface area (Å²) in [6, 6.07) is 11.1. The van der Waals surface area contributed by atoms with Gasteiger partial charge in [0.1, 0.15) is 5.75 Å². The first-order valence-electron chi connectivity index (χ1n) is 5.56. The average molecular weight is 254 g/mol. The fourth-order valence-electron chi connectivity index (χ4n) is 1.49. The first kappa shape index (κ1) is 11.1. The van der Waals surface area contributed by atoms with E-state index in [2.05, 4.69) is 20.1 Å². The van der Waals surface area contributed by atoms with Crippen molar-refractivity contribution in [1.82, 2.24) is 24.7 Å². The molecule has 0 aliphatic heterocycles. The lowest BCUT2D eigenvalue weighted by atomic mass is 10.3. The Hall–Kier alpha value is -2.96. The van der Waals surface area contributed by atoms with Crippen LogP contribution in [0.1, 0.15) is 0 Å². The monoisotopic (exact) mass is 254 g/mol. The molecule has 3 rings (SSSR count). The van der Waals surface area contributed by atoms with Crippen molar-refractivity contribution in [1.29, 1.82) is 0 Å². The third-order valence-corrected chi connectivity index (χ3v) is 2.28. The summed E-state index contributed by atoms with van der Waals surface area (Å²) >= 11 is 0. The van der Waals surface area contributed by atoms with Crippen molar-refractivity contribution in [2.75, 3.05) is 5.73 Å². The fourth-order valence-corrected chi connectivity index (χ4v) is 1.49. The third kappa shape index (κ3) is 2.49. The van der Waals surface area contributed by atoms with Crippen LogP contribution in [0.4, 0.5) is 5.95 Å². The molecule has 94 valence electrons. The molecule has 0 saturated heterocycles. The van der Waals surface area contributed by atoms with Crippen LogP contribution >= 0.6 is 0 Å². The van der Waals surface area contributed by atoms with Crippen molar-refractivity contribution < 1.29 is 4.74 Å². The number of rotatable bonds is 3. The maximum Gasteiger partial charge on any atom is 0.328 e. The molecular weight excluding hydrogens is 244 g/mol. The number of para-hydroxylation sites is 1. The largest absolute Gasteiger partial charge is 0.424 e. The Labute approximate surface area is 108 Å². The van der Waals surface area contributed by atoms with E-state index in [1.54, 1.807) is 30.6 Å². The van der Waals surface area contributed by atoms with E-state index < -0.39 is 0 Å². The summed E-state index contributed by atoms with van der Waals surface area (Å²) in [7, 11) is 0. The lowest BCUT2D eigenvalue weighted by molar-refractivity contribution is 0.438. The van der Waals surface area contributed by atoms with Crippen LogP contribution in [0.3, 0.4) is 0 Å². The van der Waals surface area contributed by atoms with E-state index in [1.165, 1.54) is 4.68 Å². The number of nitrogens with two attached hydrogens (primary N) is 1. The number of nitrogen functional groups attached to an aromatic ring is 1. The summed E-state index contributed by atoms with van der Waals surface area (Å²) in [5, 5.41) is 4.03. The van der Waals surface area contributed by atoms with Crippen LogP contribution in [-0.2, 0) is 0 Å². The Kier molecular flexibility index (Phi) is 2.77. The maximum absolute atomic E-state index is 5.64. The van der Waals surface area contributed by atoms with Gasteiger partial charge in [0.2, 0.25) is 5.95 Å². The van der Waals surface area contributed by atoms with Crippen LogP contribution in [0.2, 0.25) is 0 Å². The van der Waals surface area contributed by atoms with Gasteiger partial charge in [0.15, 0.2) is 0 Å². The van der Waals surface area contributed by atoms with Crippen molar-refractivity contribution in [2.45, 2.75) is 0 Å². The molecule has 2 heterocycles. The van der Waals surface area contributed by atoms with Crippen molar-refractivity contribution >= 4 is 5.95 Å². The van der Waals surface area contributed by atoms with Crippen molar-refractivity contribution in [3.8, 4) is 17.7 Å². The SMILES string of the molecule is Nc1nc(Oc2ccccc2)nc(-n2cccn2)n1. The topological polar surface area (TPSA) is 91.7 Å². The molecule has 0 fully saturated rings. The highest BCUT2D eigenvalue weighted by molar-refractivity contribution is 5.28. The van der Waals surface area contributed by atoms with E-state index in [0.717, 1.165) is 0 Å². The van der Waals surface area contributed by atoms with Gasteiger partial charge in [0.25, 0.3) is 5.95 Å². The third-order valence-electron chi connectivity index (χ3n) is 2.28. The van der Waals surface area contributed by atoms with E-state index >= 15 is 0 Å². The van der Waals surface area contributed by atoms with Gasteiger partial charge >= 0.3 is 6.01 Å². The quantitative estimate of drug-likeness (QED) is 0.760. The number of anilines is 1. The molecule has 0 aliphatic carbocycles. The molecule has 0 bridgehead atoms.